The molecule has 1 aliphatic rings. The van der Waals surface area contributed by atoms with Crippen molar-refractivity contribution in [1.29, 1.82) is 0 Å². The molecule has 0 amide bonds. The summed E-state index contributed by atoms with van der Waals surface area (Å²) in [5, 5.41) is 0. The van der Waals surface area contributed by atoms with E-state index in [9.17, 15) is 0 Å². The van der Waals surface area contributed by atoms with E-state index in [1.807, 2.05) is 0 Å². The van der Waals surface area contributed by atoms with Gasteiger partial charge in [0.25, 0.3) is 0 Å². The highest BCUT2D eigenvalue weighted by atomic mass is 15.0. The highest BCUT2D eigenvalue weighted by Gasteiger charge is 2.26. The maximum atomic E-state index is 2.39. The van der Waals surface area contributed by atoms with E-state index in [0.717, 1.165) is 11.8 Å². The lowest BCUT2D eigenvalue weighted by Crippen LogP contribution is -2.01. The van der Waals surface area contributed by atoms with Crippen LogP contribution < -0.4 is 0 Å². The van der Waals surface area contributed by atoms with Gasteiger partial charge in [0.1, 0.15) is 0 Å². The summed E-state index contributed by atoms with van der Waals surface area (Å²) in [5.74, 6) is 1.65. The van der Waals surface area contributed by atoms with Gasteiger partial charge < -0.3 is 4.57 Å². The molecule has 1 aromatic rings. The van der Waals surface area contributed by atoms with Crippen molar-refractivity contribution in [2.45, 2.75) is 32.7 Å². The molecule has 60 valence electrons. The first-order valence-electron chi connectivity index (χ1n) is 4.48. The molecule has 1 aliphatic heterocycles. The van der Waals surface area contributed by atoms with E-state index in [4.69, 9.17) is 0 Å². The second kappa shape index (κ2) is 2.40. The molecule has 0 saturated heterocycles. The maximum Gasteiger partial charge on any atom is 0.0254 e. The fourth-order valence-electron chi connectivity index (χ4n) is 2.27. The minimum absolute atomic E-state index is 0.810. The minimum Gasteiger partial charge on any atom is -0.351 e. The largest absolute Gasteiger partial charge is 0.351 e. The van der Waals surface area contributed by atoms with Gasteiger partial charge in [-0.15, -0.1) is 0 Å². The predicted octanol–water partition coefficient (Wildman–Crippen LogP) is 2.63. The average molecular weight is 149 g/mol. The SMILES string of the molecule is CC[C@H]1c2cccn2C[C@H]1C. The van der Waals surface area contributed by atoms with E-state index in [0.29, 0.717) is 0 Å². The van der Waals surface area contributed by atoms with Crippen LogP contribution in [0.4, 0.5) is 0 Å². The first-order chi connectivity index (χ1) is 5.33. The summed E-state index contributed by atoms with van der Waals surface area (Å²) < 4.78 is 2.39. The van der Waals surface area contributed by atoms with Crippen LogP contribution in [0.15, 0.2) is 18.3 Å². The van der Waals surface area contributed by atoms with E-state index in [1.165, 1.54) is 13.0 Å². The van der Waals surface area contributed by atoms with Crippen LogP contribution in [0.2, 0.25) is 0 Å². The molecule has 0 unspecified atom stereocenters. The molecule has 2 heterocycles. The number of rotatable bonds is 1. The Morgan fingerprint density at radius 2 is 2.45 bits per heavy atom. The molecule has 2 rings (SSSR count). The van der Waals surface area contributed by atoms with Gasteiger partial charge in [0.05, 0.1) is 0 Å². The topological polar surface area (TPSA) is 4.93 Å². The standard InChI is InChI=1S/C10H15N/c1-3-9-8(2)7-11-6-4-5-10(9)11/h4-6,8-9H,3,7H2,1-2H3/t8-,9-/m1/s1. The zero-order chi connectivity index (χ0) is 7.84. The van der Waals surface area contributed by atoms with Gasteiger partial charge >= 0.3 is 0 Å². The highest BCUT2D eigenvalue weighted by Crippen LogP contribution is 2.35. The number of aromatic nitrogens is 1. The molecule has 0 fully saturated rings. The Labute approximate surface area is 68.0 Å². The molecule has 1 nitrogen and oxygen atoms in total. The van der Waals surface area contributed by atoms with Crippen molar-refractivity contribution in [3.05, 3.63) is 24.0 Å². The second-order valence-corrected chi connectivity index (χ2v) is 3.58. The van der Waals surface area contributed by atoms with Crippen LogP contribution in [0.5, 0.6) is 0 Å². The highest BCUT2D eigenvalue weighted by molar-refractivity contribution is 5.17. The van der Waals surface area contributed by atoms with Gasteiger partial charge in [-0.25, -0.2) is 0 Å². The molecule has 2 atom stereocenters. The Kier molecular flexibility index (Phi) is 1.52. The first-order valence-corrected chi connectivity index (χ1v) is 4.48. The Morgan fingerprint density at radius 1 is 1.64 bits per heavy atom. The summed E-state index contributed by atoms with van der Waals surface area (Å²) in [5.41, 5.74) is 1.54. The molecule has 11 heavy (non-hydrogen) atoms. The lowest BCUT2D eigenvalue weighted by molar-refractivity contribution is 0.467. The van der Waals surface area contributed by atoms with Crippen LogP contribution in [0.25, 0.3) is 0 Å². The Hall–Kier alpha value is -0.720. The number of fused-ring (bicyclic) bond motifs is 1. The first kappa shape index (κ1) is 6.96. The van der Waals surface area contributed by atoms with Gasteiger partial charge in [-0.1, -0.05) is 13.8 Å². The van der Waals surface area contributed by atoms with Crippen LogP contribution in [0.1, 0.15) is 31.9 Å². The van der Waals surface area contributed by atoms with Crippen molar-refractivity contribution < 1.29 is 0 Å². The van der Waals surface area contributed by atoms with Crippen molar-refractivity contribution in [1.82, 2.24) is 4.57 Å². The van der Waals surface area contributed by atoms with Crippen molar-refractivity contribution in [3.63, 3.8) is 0 Å². The second-order valence-electron chi connectivity index (χ2n) is 3.58. The van der Waals surface area contributed by atoms with Crippen molar-refractivity contribution in [2.24, 2.45) is 5.92 Å². The summed E-state index contributed by atoms with van der Waals surface area (Å²) in [6, 6.07) is 4.42. The van der Waals surface area contributed by atoms with Gasteiger partial charge in [0, 0.05) is 24.4 Å². The van der Waals surface area contributed by atoms with Crippen molar-refractivity contribution in [2.75, 3.05) is 0 Å². The van der Waals surface area contributed by atoms with Gasteiger partial charge in [0.2, 0.25) is 0 Å². The monoisotopic (exact) mass is 149 g/mol. The summed E-state index contributed by atoms with van der Waals surface area (Å²) >= 11 is 0. The molecule has 0 aliphatic carbocycles. The third-order valence-electron chi connectivity index (χ3n) is 2.86. The summed E-state index contributed by atoms with van der Waals surface area (Å²) in [6.07, 6.45) is 3.48. The zero-order valence-electron chi connectivity index (χ0n) is 7.25. The van der Waals surface area contributed by atoms with Crippen LogP contribution in [0, 0.1) is 5.92 Å². The summed E-state index contributed by atoms with van der Waals surface area (Å²) in [7, 11) is 0. The van der Waals surface area contributed by atoms with Gasteiger partial charge in [-0.2, -0.15) is 0 Å². The third kappa shape index (κ3) is 0.907. The van der Waals surface area contributed by atoms with E-state index in [-0.39, 0.29) is 0 Å². The number of hydrogen-bond donors (Lipinski definition) is 0. The molecule has 0 bridgehead atoms. The van der Waals surface area contributed by atoms with Gasteiger partial charge in [-0.05, 0) is 24.5 Å². The van der Waals surface area contributed by atoms with Crippen molar-refractivity contribution >= 4 is 0 Å². The van der Waals surface area contributed by atoms with Crippen LogP contribution in [-0.4, -0.2) is 4.57 Å². The summed E-state index contributed by atoms with van der Waals surface area (Å²) in [4.78, 5) is 0. The number of nitrogens with zero attached hydrogens (tertiary/aromatic N) is 1. The Bertz CT molecular complexity index is 249. The smallest absolute Gasteiger partial charge is 0.0254 e. The van der Waals surface area contributed by atoms with E-state index in [2.05, 4.69) is 36.7 Å². The quantitative estimate of drug-likeness (QED) is 0.578. The molecular formula is C10H15N. The Balaban J connectivity index is 2.35. The molecule has 1 heteroatoms. The third-order valence-corrected chi connectivity index (χ3v) is 2.86. The molecular weight excluding hydrogens is 134 g/mol. The van der Waals surface area contributed by atoms with E-state index < -0.39 is 0 Å². The van der Waals surface area contributed by atoms with Crippen LogP contribution in [-0.2, 0) is 6.54 Å². The lowest BCUT2D eigenvalue weighted by atomic mass is 9.92. The lowest BCUT2D eigenvalue weighted by Gasteiger charge is -2.10. The number of hydrogen-bond acceptors (Lipinski definition) is 0. The molecule has 0 saturated carbocycles. The maximum absolute atomic E-state index is 2.39. The molecule has 0 spiro atoms. The zero-order valence-corrected chi connectivity index (χ0v) is 7.25. The van der Waals surface area contributed by atoms with Gasteiger partial charge in [-0.3, -0.25) is 0 Å². The van der Waals surface area contributed by atoms with E-state index >= 15 is 0 Å². The summed E-state index contributed by atoms with van der Waals surface area (Å²) in [6.45, 7) is 5.85. The van der Waals surface area contributed by atoms with Crippen molar-refractivity contribution in [3.8, 4) is 0 Å². The average Bonchev–Trinajstić information content (AvgIpc) is 2.46. The fourth-order valence-corrected chi connectivity index (χ4v) is 2.27. The van der Waals surface area contributed by atoms with Gasteiger partial charge in [0.15, 0.2) is 0 Å². The normalized spacial score (nSPS) is 28.9. The van der Waals surface area contributed by atoms with E-state index in [1.54, 1.807) is 5.69 Å². The molecule has 0 radical (unpaired) electrons. The molecule has 1 aromatic heterocycles. The molecule has 0 aromatic carbocycles. The predicted molar refractivity (Wildman–Crippen MR) is 46.6 cm³/mol. The Morgan fingerprint density at radius 3 is 3.18 bits per heavy atom. The van der Waals surface area contributed by atoms with Crippen LogP contribution >= 0.6 is 0 Å². The molecule has 0 N–H and O–H groups in total. The fraction of sp³-hybridized carbons (Fsp3) is 0.600. The van der Waals surface area contributed by atoms with Crippen LogP contribution in [0.3, 0.4) is 0 Å². The minimum atomic E-state index is 0.810.